The number of fused-ring (bicyclic) bond motifs is 1. The molecule has 0 radical (unpaired) electrons. The number of anilines is 1. The molecule has 0 saturated carbocycles. The van der Waals surface area contributed by atoms with Crippen molar-refractivity contribution in [1.82, 2.24) is 0 Å². The number of likely N-dealkylation sites (N-methyl/N-ethyl adjacent to an activating group) is 1. The number of para-hydroxylation sites is 1. The lowest BCUT2D eigenvalue weighted by Crippen LogP contribution is -2.25. The molecule has 0 saturated heterocycles. The van der Waals surface area contributed by atoms with Crippen molar-refractivity contribution in [2.45, 2.75) is 27.7 Å². The van der Waals surface area contributed by atoms with Crippen molar-refractivity contribution >= 4 is 23.1 Å². The summed E-state index contributed by atoms with van der Waals surface area (Å²) in [6, 6.07) is 7.45. The molecule has 0 unspecified atom stereocenters. The number of hydrogen-bond donors (Lipinski definition) is 0. The Morgan fingerprint density at radius 1 is 1.25 bits per heavy atom. The van der Waals surface area contributed by atoms with Crippen LogP contribution in [-0.2, 0) is 14.3 Å². The van der Waals surface area contributed by atoms with Crippen LogP contribution >= 0.6 is 0 Å². The van der Waals surface area contributed by atoms with Crippen LogP contribution in [-0.4, -0.2) is 25.0 Å². The summed E-state index contributed by atoms with van der Waals surface area (Å²) in [5, 5.41) is 0. The largest absolute Gasteiger partial charge is 0.463 e. The molecule has 108 valence electrons. The minimum Gasteiger partial charge on any atom is -0.463 e. The topological polar surface area (TPSA) is 46.6 Å². The first-order valence-electron chi connectivity index (χ1n) is 6.98. The van der Waals surface area contributed by atoms with Gasteiger partial charge >= 0.3 is 5.97 Å². The van der Waals surface area contributed by atoms with E-state index in [1.807, 2.05) is 45.0 Å². The molecule has 0 bridgehead atoms. The summed E-state index contributed by atoms with van der Waals surface area (Å²) in [6.45, 7) is 8.52. The maximum atomic E-state index is 12.2. The molecular weight excluding hydrogens is 254 g/mol. The molecule has 1 aliphatic rings. The first-order chi connectivity index (χ1) is 9.69. The van der Waals surface area contributed by atoms with Crippen molar-refractivity contribution in [3.8, 4) is 0 Å². The van der Waals surface area contributed by atoms with Gasteiger partial charge in [0.25, 0.3) is 5.91 Å². The highest BCUT2D eigenvalue weighted by molar-refractivity contribution is 6.34. The Kier molecular flexibility index (Phi) is 5.97. The number of benzene rings is 1. The molecular formula is C16H21NO3. The fraction of sp³-hybridized carbons (Fsp3) is 0.375. The van der Waals surface area contributed by atoms with E-state index in [2.05, 4.69) is 0 Å². The van der Waals surface area contributed by atoms with Crippen LogP contribution in [0.5, 0.6) is 0 Å². The molecule has 1 heterocycles. The molecule has 1 aromatic rings. The summed E-state index contributed by atoms with van der Waals surface area (Å²) < 4.78 is 4.85. The predicted octanol–water partition coefficient (Wildman–Crippen LogP) is 3.03. The van der Waals surface area contributed by atoms with Crippen molar-refractivity contribution in [1.29, 1.82) is 0 Å². The lowest BCUT2D eigenvalue weighted by atomic mass is 10.1. The third-order valence-corrected chi connectivity index (χ3v) is 2.83. The SMILES string of the molecule is CC.CCOC(=O)/C=C1/C(=O)N(CC)c2ccccc21. The molecule has 0 fully saturated rings. The highest BCUT2D eigenvalue weighted by Crippen LogP contribution is 2.36. The fourth-order valence-corrected chi connectivity index (χ4v) is 2.06. The number of amides is 1. The second kappa shape index (κ2) is 7.48. The maximum Gasteiger partial charge on any atom is 0.331 e. The average Bonchev–Trinajstić information content (AvgIpc) is 2.74. The molecule has 0 aliphatic carbocycles. The molecule has 4 nitrogen and oxygen atoms in total. The van der Waals surface area contributed by atoms with E-state index in [0.29, 0.717) is 18.7 Å². The van der Waals surface area contributed by atoms with Crippen LogP contribution in [0, 0.1) is 0 Å². The predicted molar refractivity (Wildman–Crippen MR) is 80.4 cm³/mol. The molecule has 2 rings (SSSR count). The number of hydrogen-bond acceptors (Lipinski definition) is 3. The second-order valence-corrected chi connectivity index (χ2v) is 3.88. The van der Waals surface area contributed by atoms with Crippen LogP contribution in [0.25, 0.3) is 5.57 Å². The number of carbonyl (C=O) groups is 2. The van der Waals surface area contributed by atoms with Crippen molar-refractivity contribution in [2.75, 3.05) is 18.1 Å². The molecule has 1 aliphatic heterocycles. The van der Waals surface area contributed by atoms with Crippen molar-refractivity contribution < 1.29 is 14.3 Å². The fourth-order valence-electron chi connectivity index (χ4n) is 2.06. The lowest BCUT2D eigenvalue weighted by Gasteiger charge is -2.13. The molecule has 4 heteroatoms. The Hall–Kier alpha value is -2.10. The number of esters is 1. The van der Waals surface area contributed by atoms with Crippen LogP contribution in [0.3, 0.4) is 0 Å². The monoisotopic (exact) mass is 275 g/mol. The van der Waals surface area contributed by atoms with Gasteiger partial charge < -0.3 is 9.64 Å². The van der Waals surface area contributed by atoms with Gasteiger partial charge in [-0.3, -0.25) is 4.79 Å². The van der Waals surface area contributed by atoms with Gasteiger partial charge in [-0.05, 0) is 19.9 Å². The number of carbonyl (C=O) groups excluding carboxylic acids is 2. The van der Waals surface area contributed by atoms with Gasteiger partial charge in [-0.2, -0.15) is 0 Å². The maximum absolute atomic E-state index is 12.2. The first-order valence-corrected chi connectivity index (χ1v) is 6.98. The van der Waals surface area contributed by atoms with E-state index >= 15 is 0 Å². The summed E-state index contributed by atoms with van der Waals surface area (Å²) in [5.41, 5.74) is 2.05. The first kappa shape index (κ1) is 16.0. The Bertz CT molecular complexity index is 520. The number of rotatable bonds is 3. The summed E-state index contributed by atoms with van der Waals surface area (Å²) in [4.78, 5) is 25.3. The van der Waals surface area contributed by atoms with Crippen LogP contribution in [0.1, 0.15) is 33.3 Å². The standard InChI is InChI=1S/C14H15NO3.C2H6/c1-3-15-12-8-6-5-7-10(12)11(14(15)17)9-13(16)18-4-2;1-2/h5-9H,3-4H2,1-2H3;1-2H3/b11-9+;. The minimum atomic E-state index is -0.478. The van der Waals surface area contributed by atoms with Gasteiger partial charge in [-0.15, -0.1) is 0 Å². The molecule has 0 aromatic heterocycles. The van der Waals surface area contributed by atoms with E-state index in [9.17, 15) is 9.59 Å². The van der Waals surface area contributed by atoms with Crippen molar-refractivity contribution in [3.63, 3.8) is 0 Å². The van der Waals surface area contributed by atoms with Crippen molar-refractivity contribution in [3.05, 3.63) is 35.9 Å². The van der Waals surface area contributed by atoms with Crippen LogP contribution in [0.4, 0.5) is 5.69 Å². The molecule has 1 aromatic carbocycles. The number of ether oxygens (including phenoxy) is 1. The quantitative estimate of drug-likeness (QED) is 0.629. The van der Waals surface area contributed by atoms with Gasteiger partial charge in [0.2, 0.25) is 0 Å². The van der Waals surface area contributed by atoms with Gasteiger partial charge in [0, 0.05) is 18.2 Å². The van der Waals surface area contributed by atoms with Crippen LogP contribution in [0.15, 0.2) is 30.3 Å². The third-order valence-electron chi connectivity index (χ3n) is 2.83. The van der Waals surface area contributed by atoms with E-state index in [4.69, 9.17) is 4.74 Å². The lowest BCUT2D eigenvalue weighted by molar-refractivity contribution is -0.137. The Morgan fingerprint density at radius 2 is 1.90 bits per heavy atom. The second-order valence-electron chi connectivity index (χ2n) is 3.88. The smallest absolute Gasteiger partial charge is 0.331 e. The van der Waals surface area contributed by atoms with E-state index in [1.165, 1.54) is 6.08 Å². The van der Waals surface area contributed by atoms with Gasteiger partial charge in [0.15, 0.2) is 0 Å². The normalized spacial score (nSPS) is 14.7. The van der Waals surface area contributed by atoms with Crippen LogP contribution in [0.2, 0.25) is 0 Å². The van der Waals surface area contributed by atoms with Crippen LogP contribution < -0.4 is 4.90 Å². The van der Waals surface area contributed by atoms with Gasteiger partial charge in [0.1, 0.15) is 0 Å². The van der Waals surface area contributed by atoms with E-state index in [0.717, 1.165) is 11.3 Å². The van der Waals surface area contributed by atoms with Gasteiger partial charge in [-0.1, -0.05) is 32.0 Å². The third kappa shape index (κ3) is 3.07. The Morgan fingerprint density at radius 3 is 2.50 bits per heavy atom. The Labute approximate surface area is 120 Å². The molecule has 1 amide bonds. The Balaban J connectivity index is 0.000000956. The van der Waals surface area contributed by atoms with Gasteiger partial charge in [0.05, 0.1) is 17.9 Å². The van der Waals surface area contributed by atoms with Crippen molar-refractivity contribution in [2.24, 2.45) is 0 Å². The number of nitrogens with zero attached hydrogens (tertiary/aromatic N) is 1. The van der Waals surface area contributed by atoms with E-state index in [1.54, 1.807) is 11.8 Å². The van der Waals surface area contributed by atoms with E-state index < -0.39 is 5.97 Å². The molecule has 0 N–H and O–H groups in total. The highest BCUT2D eigenvalue weighted by Gasteiger charge is 2.31. The summed E-state index contributed by atoms with van der Waals surface area (Å²) >= 11 is 0. The van der Waals surface area contributed by atoms with E-state index in [-0.39, 0.29) is 5.91 Å². The zero-order chi connectivity index (χ0) is 15.1. The summed E-state index contributed by atoms with van der Waals surface area (Å²) in [6.07, 6.45) is 1.28. The average molecular weight is 275 g/mol. The van der Waals surface area contributed by atoms with Gasteiger partial charge in [-0.25, -0.2) is 4.79 Å². The highest BCUT2D eigenvalue weighted by atomic mass is 16.5. The zero-order valence-corrected chi connectivity index (χ0v) is 12.5. The molecule has 20 heavy (non-hydrogen) atoms. The summed E-state index contributed by atoms with van der Waals surface area (Å²) in [7, 11) is 0. The zero-order valence-electron chi connectivity index (χ0n) is 12.5. The molecule has 0 spiro atoms. The molecule has 0 atom stereocenters. The minimum absolute atomic E-state index is 0.147. The summed E-state index contributed by atoms with van der Waals surface area (Å²) in [5.74, 6) is -0.625.